The molecule has 0 amide bonds. The van der Waals surface area contributed by atoms with Crippen molar-refractivity contribution in [1.82, 2.24) is 0 Å². The van der Waals surface area contributed by atoms with Crippen LogP contribution in [0.2, 0.25) is 0 Å². The molecule has 0 spiro atoms. The van der Waals surface area contributed by atoms with Crippen LogP contribution in [0.4, 0.5) is 0 Å². The molecule has 4 heteroatoms. The summed E-state index contributed by atoms with van der Waals surface area (Å²) in [5.41, 5.74) is 0. The van der Waals surface area contributed by atoms with Gasteiger partial charge in [0.1, 0.15) is 0 Å². The standard InChI is InChI=1S/C10H18N2O2/c1-4-5-6-8-7-9(13-2)11-12-10(8)14-3/h8H,4-7H2,1-3H3. The van der Waals surface area contributed by atoms with E-state index in [1.807, 2.05) is 0 Å². The number of hydrogen-bond acceptors (Lipinski definition) is 4. The Labute approximate surface area is 85.0 Å². The molecule has 0 aromatic heterocycles. The first-order valence-corrected chi connectivity index (χ1v) is 5.04. The zero-order chi connectivity index (χ0) is 10.4. The minimum Gasteiger partial charge on any atom is -0.483 e. The molecule has 4 nitrogen and oxygen atoms in total. The van der Waals surface area contributed by atoms with Gasteiger partial charge < -0.3 is 9.47 Å². The molecule has 0 bridgehead atoms. The van der Waals surface area contributed by atoms with Gasteiger partial charge in [-0.25, -0.2) is 0 Å². The molecule has 0 fully saturated rings. The molecule has 0 saturated heterocycles. The smallest absolute Gasteiger partial charge is 0.212 e. The molecule has 0 saturated carbocycles. The fraction of sp³-hybridized carbons (Fsp3) is 0.800. The molecular formula is C10H18N2O2. The highest BCUT2D eigenvalue weighted by Gasteiger charge is 2.23. The van der Waals surface area contributed by atoms with Crippen LogP contribution in [-0.2, 0) is 9.47 Å². The average Bonchev–Trinajstić information content (AvgIpc) is 2.25. The van der Waals surface area contributed by atoms with Gasteiger partial charge in [0.05, 0.1) is 14.2 Å². The fourth-order valence-corrected chi connectivity index (χ4v) is 1.53. The predicted molar refractivity (Wildman–Crippen MR) is 56.5 cm³/mol. The van der Waals surface area contributed by atoms with Crippen molar-refractivity contribution in [3.8, 4) is 0 Å². The Bertz CT molecular complexity index is 236. The molecule has 1 aliphatic heterocycles. The molecule has 0 radical (unpaired) electrons. The Balaban J connectivity index is 2.58. The van der Waals surface area contributed by atoms with Crippen molar-refractivity contribution in [2.45, 2.75) is 32.6 Å². The molecule has 0 aliphatic carbocycles. The maximum Gasteiger partial charge on any atom is 0.212 e. The highest BCUT2D eigenvalue weighted by atomic mass is 16.5. The lowest BCUT2D eigenvalue weighted by atomic mass is 9.97. The number of unbranched alkanes of at least 4 members (excludes halogenated alkanes) is 1. The Kier molecular flexibility index (Phi) is 4.43. The van der Waals surface area contributed by atoms with Crippen LogP contribution in [0.3, 0.4) is 0 Å². The van der Waals surface area contributed by atoms with Gasteiger partial charge in [0.25, 0.3) is 0 Å². The van der Waals surface area contributed by atoms with E-state index < -0.39 is 0 Å². The van der Waals surface area contributed by atoms with Gasteiger partial charge in [-0.05, 0) is 6.42 Å². The molecule has 1 heterocycles. The monoisotopic (exact) mass is 198 g/mol. The predicted octanol–water partition coefficient (Wildman–Crippen LogP) is 2.20. The third-order valence-electron chi connectivity index (χ3n) is 2.38. The van der Waals surface area contributed by atoms with Crippen molar-refractivity contribution in [3.05, 3.63) is 0 Å². The first kappa shape index (κ1) is 11.0. The highest BCUT2D eigenvalue weighted by molar-refractivity contribution is 5.88. The first-order chi connectivity index (χ1) is 6.81. The van der Waals surface area contributed by atoms with Gasteiger partial charge in [0.2, 0.25) is 11.8 Å². The van der Waals surface area contributed by atoms with Crippen molar-refractivity contribution >= 4 is 11.8 Å². The van der Waals surface area contributed by atoms with E-state index in [0.717, 1.165) is 18.7 Å². The van der Waals surface area contributed by atoms with Crippen LogP contribution in [0.1, 0.15) is 32.6 Å². The third kappa shape index (κ3) is 2.72. The summed E-state index contributed by atoms with van der Waals surface area (Å²) >= 11 is 0. The summed E-state index contributed by atoms with van der Waals surface area (Å²) in [6.07, 6.45) is 4.27. The quantitative estimate of drug-likeness (QED) is 0.697. The van der Waals surface area contributed by atoms with Crippen LogP contribution in [0, 0.1) is 5.92 Å². The summed E-state index contributed by atoms with van der Waals surface area (Å²) in [5.74, 6) is 1.78. The molecule has 1 atom stereocenters. The van der Waals surface area contributed by atoms with E-state index in [2.05, 4.69) is 17.1 Å². The van der Waals surface area contributed by atoms with Crippen molar-refractivity contribution in [2.75, 3.05) is 14.2 Å². The van der Waals surface area contributed by atoms with Gasteiger partial charge in [0.15, 0.2) is 0 Å². The minimum absolute atomic E-state index is 0.340. The van der Waals surface area contributed by atoms with Crippen molar-refractivity contribution in [1.29, 1.82) is 0 Å². The average molecular weight is 198 g/mol. The second-order valence-electron chi connectivity index (χ2n) is 3.38. The van der Waals surface area contributed by atoms with Crippen LogP contribution >= 0.6 is 0 Å². The van der Waals surface area contributed by atoms with E-state index in [9.17, 15) is 0 Å². The molecule has 0 N–H and O–H groups in total. The van der Waals surface area contributed by atoms with Crippen LogP contribution in [-0.4, -0.2) is 26.0 Å². The summed E-state index contributed by atoms with van der Waals surface area (Å²) in [4.78, 5) is 0. The van der Waals surface area contributed by atoms with Gasteiger partial charge in [-0.3, -0.25) is 0 Å². The zero-order valence-corrected chi connectivity index (χ0v) is 9.12. The van der Waals surface area contributed by atoms with E-state index >= 15 is 0 Å². The zero-order valence-electron chi connectivity index (χ0n) is 9.12. The maximum absolute atomic E-state index is 5.18. The van der Waals surface area contributed by atoms with Gasteiger partial charge >= 0.3 is 0 Å². The third-order valence-corrected chi connectivity index (χ3v) is 2.38. The van der Waals surface area contributed by atoms with Gasteiger partial charge in [-0.1, -0.05) is 19.8 Å². The van der Waals surface area contributed by atoms with Gasteiger partial charge in [-0.15, -0.1) is 10.2 Å². The van der Waals surface area contributed by atoms with Crippen LogP contribution in [0.5, 0.6) is 0 Å². The van der Waals surface area contributed by atoms with E-state index in [0.29, 0.717) is 11.8 Å². The minimum atomic E-state index is 0.340. The van der Waals surface area contributed by atoms with Crippen molar-refractivity contribution in [3.63, 3.8) is 0 Å². The van der Waals surface area contributed by atoms with E-state index in [1.165, 1.54) is 12.8 Å². The lowest BCUT2D eigenvalue weighted by Gasteiger charge is -2.20. The second-order valence-corrected chi connectivity index (χ2v) is 3.38. The Morgan fingerprint density at radius 3 is 2.64 bits per heavy atom. The van der Waals surface area contributed by atoms with E-state index in [-0.39, 0.29) is 0 Å². The summed E-state index contributed by atoms with van der Waals surface area (Å²) < 4.78 is 10.3. The Hall–Kier alpha value is -1.06. The Morgan fingerprint density at radius 2 is 2.07 bits per heavy atom. The van der Waals surface area contributed by atoms with Crippen molar-refractivity contribution < 1.29 is 9.47 Å². The van der Waals surface area contributed by atoms with Gasteiger partial charge in [-0.2, -0.15) is 0 Å². The summed E-state index contributed by atoms with van der Waals surface area (Å²) in [5, 5.41) is 7.91. The fourth-order valence-electron chi connectivity index (χ4n) is 1.53. The number of hydrogen-bond donors (Lipinski definition) is 0. The molecular weight excluding hydrogens is 180 g/mol. The molecule has 1 aliphatic rings. The highest BCUT2D eigenvalue weighted by Crippen LogP contribution is 2.20. The van der Waals surface area contributed by atoms with Crippen LogP contribution < -0.4 is 0 Å². The molecule has 0 aromatic rings. The Morgan fingerprint density at radius 1 is 1.29 bits per heavy atom. The lowest BCUT2D eigenvalue weighted by molar-refractivity contribution is 0.329. The van der Waals surface area contributed by atoms with Crippen LogP contribution in [0.25, 0.3) is 0 Å². The second kappa shape index (κ2) is 5.62. The normalized spacial score (nSPS) is 21.2. The van der Waals surface area contributed by atoms with Crippen LogP contribution in [0.15, 0.2) is 10.2 Å². The largest absolute Gasteiger partial charge is 0.483 e. The number of nitrogens with zero attached hydrogens (tertiary/aromatic N) is 2. The maximum atomic E-state index is 5.18. The molecule has 1 rings (SSSR count). The number of ether oxygens (including phenoxy) is 2. The molecule has 1 unspecified atom stereocenters. The summed E-state index contributed by atoms with van der Waals surface area (Å²) in [6.45, 7) is 2.18. The molecule has 0 aromatic carbocycles. The SMILES string of the molecule is CCCCC1CC(OC)=NN=C1OC. The molecule has 80 valence electrons. The van der Waals surface area contributed by atoms with E-state index in [4.69, 9.17) is 9.47 Å². The topological polar surface area (TPSA) is 43.2 Å². The molecule has 14 heavy (non-hydrogen) atoms. The van der Waals surface area contributed by atoms with Gasteiger partial charge in [0, 0.05) is 12.3 Å². The summed E-state index contributed by atoms with van der Waals surface area (Å²) in [7, 11) is 3.27. The van der Waals surface area contributed by atoms with Crippen molar-refractivity contribution in [2.24, 2.45) is 16.1 Å². The first-order valence-electron chi connectivity index (χ1n) is 5.04. The van der Waals surface area contributed by atoms with E-state index in [1.54, 1.807) is 14.2 Å². The lowest BCUT2D eigenvalue weighted by Crippen LogP contribution is -2.24. The number of rotatable bonds is 3. The summed E-state index contributed by atoms with van der Waals surface area (Å²) in [6, 6.07) is 0. The number of methoxy groups -OCH3 is 2.